The molecule has 2 aliphatic carbocycles. The molecule has 0 saturated heterocycles. The summed E-state index contributed by atoms with van der Waals surface area (Å²) in [6.45, 7) is 6.47. The van der Waals surface area contributed by atoms with Crippen molar-refractivity contribution in [3.8, 4) is 11.1 Å². The zero-order valence-electron chi connectivity index (χ0n) is 14.9. The van der Waals surface area contributed by atoms with Crippen LogP contribution >= 0.6 is 0 Å². The van der Waals surface area contributed by atoms with Gasteiger partial charge in [0.2, 0.25) is 0 Å². The van der Waals surface area contributed by atoms with Crippen molar-refractivity contribution in [3.63, 3.8) is 0 Å². The van der Waals surface area contributed by atoms with E-state index in [1.807, 2.05) is 6.07 Å². The van der Waals surface area contributed by atoms with Crippen molar-refractivity contribution >= 4 is 11.9 Å². The van der Waals surface area contributed by atoms with Crippen LogP contribution in [0.25, 0.3) is 17.2 Å². The smallest absolute Gasteiger partial charge is 0.196 e. The monoisotopic (exact) mass is 336 g/mol. The number of benzene rings is 2. The third-order valence-electron chi connectivity index (χ3n) is 5.22. The summed E-state index contributed by atoms with van der Waals surface area (Å²) in [7, 11) is 1.50. The Morgan fingerprint density at radius 1 is 1.20 bits per heavy atom. The van der Waals surface area contributed by atoms with E-state index >= 15 is 0 Å². The molecule has 25 heavy (non-hydrogen) atoms. The maximum absolute atomic E-state index is 14.8. The molecule has 0 bridgehead atoms. The molecule has 4 rings (SSSR count). The van der Waals surface area contributed by atoms with Crippen LogP contribution in [0.5, 0.6) is 0 Å². The van der Waals surface area contributed by atoms with E-state index in [0.29, 0.717) is 17.5 Å². The molecular weight excluding hydrogens is 315 g/mol. The number of ketones is 1. The topological polar surface area (TPSA) is 26.3 Å². The van der Waals surface area contributed by atoms with Gasteiger partial charge >= 0.3 is 0 Å². The number of carbonyl (C=O) groups excluding carboxylic acids is 1. The highest BCUT2D eigenvalue weighted by Gasteiger charge is 2.35. The fourth-order valence-corrected chi connectivity index (χ4v) is 4.04. The fourth-order valence-electron chi connectivity index (χ4n) is 4.04. The average molecular weight is 336 g/mol. The number of Topliss-reactive ketones (excluding diaryl/α,β-unsaturated/α-hetero) is 1. The Balaban J connectivity index is 2.02. The summed E-state index contributed by atoms with van der Waals surface area (Å²) in [5.41, 5.74) is 6.04. The fraction of sp³-hybridized carbons (Fsp3) is 0.318. The van der Waals surface area contributed by atoms with Gasteiger partial charge in [0.05, 0.1) is 0 Å². The largest absolute Gasteiger partial charge is 0.369 e. The summed E-state index contributed by atoms with van der Waals surface area (Å²) < 4.78 is 20.1. The number of hydrogen-bond donors (Lipinski definition) is 0. The van der Waals surface area contributed by atoms with Gasteiger partial charge in [0.1, 0.15) is 11.9 Å². The summed E-state index contributed by atoms with van der Waals surface area (Å²) in [6.07, 6.45) is 3.33. The lowest BCUT2D eigenvalue weighted by Gasteiger charge is -2.24. The van der Waals surface area contributed by atoms with Gasteiger partial charge < -0.3 is 4.74 Å². The first-order valence-electron chi connectivity index (χ1n) is 8.56. The van der Waals surface area contributed by atoms with Crippen LogP contribution < -0.4 is 0 Å². The van der Waals surface area contributed by atoms with E-state index in [1.54, 1.807) is 18.2 Å². The molecule has 0 aromatic heterocycles. The second-order valence-corrected chi connectivity index (χ2v) is 7.82. The van der Waals surface area contributed by atoms with Gasteiger partial charge in [-0.15, -0.1) is 0 Å². The van der Waals surface area contributed by atoms with Gasteiger partial charge in [-0.3, -0.25) is 4.79 Å². The molecule has 0 heterocycles. The minimum atomic E-state index is -0.635. The van der Waals surface area contributed by atoms with Crippen molar-refractivity contribution in [1.82, 2.24) is 0 Å². The molecule has 2 nitrogen and oxygen atoms in total. The summed E-state index contributed by atoms with van der Waals surface area (Å²) >= 11 is 0. The number of rotatable bonds is 1. The Hall–Kier alpha value is -2.26. The normalized spacial score (nSPS) is 18.1. The van der Waals surface area contributed by atoms with Crippen LogP contribution in [0.2, 0.25) is 0 Å². The quantitative estimate of drug-likeness (QED) is 0.630. The molecule has 0 amide bonds. The second-order valence-electron chi connectivity index (χ2n) is 7.82. The van der Waals surface area contributed by atoms with Crippen molar-refractivity contribution < 1.29 is 13.9 Å². The van der Waals surface area contributed by atoms with Crippen molar-refractivity contribution in [2.45, 2.75) is 38.7 Å². The maximum Gasteiger partial charge on any atom is 0.196 e. The third kappa shape index (κ3) is 2.30. The van der Waals surface area contributed by atoms with E-state index in [0.717, 1.165) is 22.3 Å². The van der Waals surface area contributed by atoms with Crippen LogP contribution in [0.15, 0.2) is 30.3 Å². The molecule has 2 aromatic carbocycles. The van der Waals surface area contributed by atoms with Crippen LogP contribution in [-0.4, -0.2) is 19.0 Å². The van der Waals surface area contributed by atoms with Gasteiger partial charge in [0, 0.05) is 18.2 Å². The first-order chi connectivity index (χ1) is 11.8. The molecular formula is C22H21FO2. The second kappa shape index (κ2) is 5.37. The third-order valence-corrected chi connectivity index (χ3v) is 5.22. The summed E-state index contributed by atoms with van der Waals surface area (Å²) in [6, 6.07) is 7.82. The summed E-state index contributed by atoms with van der Waals surface area (Å²) in [5, 5.41) is 0. The molecule has 0 spiro atoms. The van der Waals surface area contributed by atoms with Gasteiger partial charge in [-0.25, -0.2) is 4.39 Å². The molecule has 3 heteroatoms. The molecule has 128 valence electrons. The van der Waals surface area contributed by atoms with E-state index in [1.165, 1.54) is 12.7 Å². The van der Waals surface area contributed by atoms with E-state index in [4.69, 9.17) is 4.74 Å². The lowest BCUT2D eigenvalue weighted by atomic mass is 9.81. The average Bonchev–Trinajstić information content (AvgIpc) is 2.92. The van der Waals surface area contributed by atoms with E-state index in [2.05, 4.69) is 32.9 Å². The Kier molecular flexibility index (Phi) is 3.48. The predicted molar refractivity (Wildman–Crippen MR) is 97.5 cm³/mol. The highest BCUT2D eigenvalue weighted by molar-refractivity contribution is 6.09. The number of ether oxygens (including phenoxy) is 1. The number of methoxy groups -OCH3 is 1. The minimum Gasteiger partial charge on any atom is -0.369 e. The van der Waals surface area contributed by atoms with Gasteiger partial charge in [0.25, 0.3) is 0 Å². The Morgan fingerprint density at radius 3 is 2.64 bits per heavy atom. The SMILES string of the molecule is COC1C=Cc2c(F)cc3c(c2C1=O)Cc1cccc(C(C)(C)C)c1-3. The van der Waals surface area contributed by atoms with Gasteiger partial charge in [-0.1, -0.05) is 45.0 Å². The lowest BCUT2D eigenvalue weighted by molar-refractivity contribution is 0.0716. The molecule has 2 aliphatic rings. The highest BCUT2D eigenvalue weighted by atomic mass is 19.1. The van der Waals surface area contributed by atoms with E-state index in [9.17, 15) is 9.18 Å². The van der Waals surface area contributed by atoms with Crippen LogP contribution in [0.4, 0.5) is 4.39 Å². The lowest BCUT2D eigenvalue weighted by Crippen LogP contribution is -2.26. The van der Waals surface area contributed by atoms with Crippen LogP contribution in [0.1, 0.15) is 53.4 Å². The molecule has 0 N–H and O–H groups in total. The van der Waals surface area contributed by atoms with E-state index < -0.39 is 6.10 Å². The van der Waals surface area contributed by atoms with Gasteiger partial charge in [-0.2, -0.15) is 0 Å². The number of fused-ring (bicyclic) bond motifs is 5. The molecule has 0 fully saturated rings. The van der Waals surface area contributed by atoms with Crippen molar-refractivity contribution in [2.75, 3.05) is 7.11 Å². The van der Waals surface area contributed by atoms with Crippen molar-refractivity contribution in [2.24, 2.45) is 0 Å². The Morgan fingerprint density at radius 2 is 1.96 bits per heavy atom. The number of hydrogen-bond acceptors (Lipinski definition) is 2. The van der Waals surface area contributed by atoms with Crippen LogP contribution in [0.3, 0.4) is 0 Å². The molecule has 0 aliphatic heterocycles. The standard InChI is InChI=1S/C22H21FO2/c1-22(2,3)16-7-5-6-12-10-14-15(19(12)16)11-17(23)13-8-9-18(25-4)21(24)20(13)14/h5-9,11,18H,10H2,1-4H3. The van der Waals surface area contributed by atoms with Crippen LogP contribution in [0, 0.1) is 5.82 Å². The summed E-state index contributed by atoms with van der Waals surface area (Å²) in [5.74, 6) is -0.495. The molecule has 0 saturated carbocycles. The molecule has 1 atom stereocenters. The van der Waals surface area contributed by atoms with Gasteiger partial charge in [-0.05, 0) is 51.8 Å². The van der Waals surface area contributed by atoms with Gasteiger partial charge in [0.15, 0.2) is 5.78 Å². The van der Waals surface area contributed by atoms with E-state index in [-0.39, 0.29) is 17.0 Å². The molecule has 0 radical (unpaired) electrons. The molecule has 2 aromatic rings. The van der Waals surface area contributed by atoms with Crippen molar-refractivity contribution in [3.05, 3.63) is 64.0 Å². The Labute approximate surface area is 147 Å². The summed E-state index contributed by atoms with van der Waals surface area (Å²) in [4.78, 5) is 12.8. The first-order valence-corrected chi connectivity index (χ1v) is 8.56. The zero-order valence-corrected chi connectivity index (χ0v) is 14.9. The number of carbonyl (C=O) groups is 1. The first kappa shape index (κ1) is 16.2. The predicted octanol–water partition coefficient (Wildman–Crippen LogP) is 4.92. The zero-order chi connectivity index (χ0) is 17.9. The number of halogens is 1. The Bertz CT molecular complexity index is 932. The van der Waals surface area contributed by atoms with Crippen molar-refractivity contribution in [1.29, 1.82) is 0 Å². The highest BCUT2D eigenvalue weighted by Crippen LogP contribution is 2.46. The maximum atomic E-state index is 14.8. The molecule has 1 unspecified atom stereocenters. The van der Waals surface area contributed by atoms with Crippen LogP contribution in [-0.2, 0) is 16.6 Å². The minimum absolute atomic E-state index is 0.0572.